The lowest BCUT2D eigenvalue weighted by molar-refractivity contribution is -0.148. The van der Waals surface area contributed by atoms with Crippen molar-refractivity contribution in [3.05, 3.63) is 69.5 Å². The standard InChI is InChI=1S/C20H16F3N3O4S/c1-12-2-4-13(5-3-12)15-11-31-19(24-15)25-16(27)10-30-18(29)9-26-8-14(20(21,22)23)6-7-17(26)28/h2-8,11H,9-10H2,1H3,(H,24,25,27). The van der Waals surface area contributed by atoms with E-state index in [2.05, 4.69) is 10.3 Å². The van der Waals surface area contributed by atoms with Gasteiger partial charge in [-0.25, -0.2) is 4.98 Å². The molecule has 2 heterocycles. The van der Waals surface area contributed by atoms with Crippen molar-refractivity contribution in [2.75, 3.05) is 11.9 Å². The molecule has 0 aliphatic carbocycles. The number of esters is 1. The van der Waals surface area contributed by atoms with E-state index < -0.39 is 42.3 Å². The van der Waals surface area contributed by atoms with Crippen molar-refractivity contribution in [1.29, 1.82) is 0 Å². The van der Waals surface area contributed by atoms with Crippen LogP contribution in [0.15, 0.2) is 52.8 Å². The molecule has 1 N–H and O–H groups in total. The van der Waals surface area contributed by atoms with Crippen molar-refractivity contribution < 1.29 is 27.5 Å². The number of nitrogens with one attached hydrogen (secondary N) is 1. The van der Waals surface area contributed by atoms with Crippen LogP contribution in [-0.2, 0) is 27.0 Å². The number of hydrogen-bond donors (Lipinski definition) is 1. The minimum atomic E-state index is -4.66. The van der Waals surface area contributed by atoms with Gasteiger partial charge in [-0.05, 0) is 13.0 Å². The number of aromatic nitrogens is 2. The molecule has 0 spiro atoms. The molecular formula is C20H16F3N3O4S. The number of aryl methyl sites for hydroxylation is 1. The molecule has 0 fully saturated rings. The number of carbonyl (C=O) groups is 2. The van der Waals surface area contributed by atoms with E-state index in [0.29, 0.717) is 33.7 Å². The fourth-order valence-electron chi connectivity index (χ4n) is 2.50. The number of pyridine rings is 1. The highest BCUT2D eigenvalue weighted by molar-refractivity contribution is 7.14. The van der Waals surface area contributed by atoms with Crippen LogP contribution in [0.1, 0.15) is 11.1 Å². The van der Waals surface area contributed by atoms with Gasteiger partial charge in [0.25, 0.3) is 11.5 Å². The molecule has 0 aliphatic rings. The van der Waals surface area contributed by atoms with Crippen molar-refractivity contribution >= 4 is 28.3 Å². The topological polar surface area (TPSA) is 90.3 Å². The molecule has 0 saturated carbocycles. The van der Waals surface area contributed by atoms with Gasteiger partial charge < -0.3 is 9.30 Å². The maximum atomic E-state index is 12.7. The van der Waals surface area contributed by atoms with Gasteiger partial charge in [-0.1, -0.05) is 29.8 Å². The van der Waals surface area contributed by atoms with Gasteiger partial charge in [-0.15, -0.1) is 11.3 Å². The lowest BCUT2D eigenvalue weighted by Gasteiger charge is -2.10. The monoisotopic (exact) mass is 451 g/mol. The van der Waals surface area contributed by atoms with E-state index in [1.165, 1.54) is 11.3 Å². The second-order valence-corrected chi connectivity index (χ2v) is 7.35. The first kappa shape index (κ1) is 22.2. The molecule has 7 nitrogen and oxygen atoms in total. The Labute approximate surface area is 178 Å². The number of alkyl halides is 3. The number of halogens is 3. The van der Waals surface area contributed by atoms with Crippen LogP contribution in [0.4, 0.5) is 18.3 Å². The average Bonchev–Trinajstić information content (AvgIpc) is 3.16. The summed E-state index contributed by atoms with van der Waals surface area (Å²) >= 11 is 1.18. The molecule has 162 valence electrons. The van der Waals surface area contributed by atoms with Gasteiger partial charge in [0.1, 0.15) is 6.54 Å². The van der Waals surface area contributed by atoms with E-state index in [9.17, 15) is 27.6 Å². The average molecular weight is 451 g/mol. The Morgan fingerprint density at radius 3 is 2.55 bits per heavy atom. The van der Waals surface area contributed by atoms with Gasteiger partial charge in [0, 0.05) is 23.2 Å². The van der Waals surface area contributed by atoms with Gasteiger partial charge >= 0.3 is 12.1 Å². The number of carbonyl (C=O) groups excluding carboxylic acids is 2. The number of hydrogen-bond acceptors (Lipinski definition) is 6. The van der Waals surface area contributed by atoms with Gasteiger partial charge in [-0.3, -0.25) is 19.7 Å². The van der Waals surface area contributed by atoms with Gasteiger partial charge in [0.2, 0.25) is 0 Å². The van der Waals surface area contributed by atoms with Gasteiger partial charge in [-0.2, -0.15) is 13.2 Å². The molecule has 0 radical (unpaired) electrons. The Hall–Kier alpha value is -3.47. The third-order valence-electron chi connectivity index (χ3n) is 4.07. The Morgan fingerprint density at radius 1 is 1.16 bits per heavy atom. The number of benzene rings is 1. The minimum Gasteiger partial charge on any atom is -0.454 e. The minimum absolute atomic E-state index is 0.297. The first-order chi connectivity index (χ1) is 14.6. The number of nitrogens with zero attached hydrogens (tertiary/aromatic N) is 2. The van der Waals surface area contributed by atoms with E-state index in [-0.39, 0.29) is 0 Å². The van der Waals surface area contributed by atoms with Crippen LogP contribution in [0.5, 0.6) is 0 Å². The van der Waals surface area contributed by atoms with E-state index >= 15 is 0 Å². The molecule has 0 atom stereocenters. The number of ether oxygens (including phenoxy) is 1. The molecule has 0 saturated heterocycles. The summed E-state index contributed by atoms with van der Waals surface area (Å²) in [6.07, 6.45) is -4.14. The first-order valence-electron chi connectivity index (χ1n) is 8.87. The summed E-state index contributed by atoms with van der Waals surface area (Å²) in [5.74, 6) is -1.70. The summed E-state index contributed by atoms with van der Waals surface area (Å²) < 4.78 is 43.5. The Kier molecular flexibility index (Phi) is 6.54. The van der Waals surface area contributed by atoms with Crippen molar-refractivity contribution in [2.24, 2.45) is 0 Å². The number of thiazole rings is 1. The smallest absolute Gasteiger partial charge is 0.417 e. The summed E-state index contributed by atoms with van der Waals surface area (Å²) in [4.78, 5) is 39.8. The highest BCUT2D eigenvalue weighted by Crippen LogP contribution is 2.28. The van der Waals surface area contributed by atoms with Crippen LogP contribution in [0, 0.1) is 6.92 Å². The second kappa shape index (κ2) is 9.13. The Morgan fingerprint density at radius 2 is 1.87 bits per heavy atom. The Balaban J connectivity index is 1.54. The van der Waals surface area contributed by atoms with Crippen molar-refractivity contribution in [3.63, 3.8) is 0 Å². The first-order valence-corrected chi connectivity index (χ1v) is 9.75. The summed E-state index contributed by atoms with van der Waals surface area (Å²) in [5, 5.41) is 4.53. The zero-order chi connectivity index (χ0) is 22.6. The number of amides is 1. The molecule has 0 unspecified atom stereocenters. The molecule has 3 aromatic rings. The maximum absolute atomic E-state index is 12.7. The van der Waals surface area contributed by atoms with E-state index in [4.69, 9.17) is 4.74 Å². The fourth-order valence-corrected chi connectivity index (χ4v) is 3.23. The Bertz CT molecular complexity index is 1150. The predicted molar refractivity (Wildman–Crippen MR) is 108 cm³/mol. The molecule has 1 aromatic carbocycles. The summed E-state index contributed by atoms with van der Waals surface area (Å²) in [6, 6.07) is 8.98. The van der Waals surface area contributed by atoms with Crippen molar-refractivity contribution in [3.8, 4) is 11.3 Å². The van der Waals surface area contributed by atoms with Crippen LogP contribution < -0.4 is 10.9 Å². The normalized spacial score (nSPS) is 11.2. The zero-order valence-electron chi connectivity index (χ0n) is 16.1. The van der Waals surface area contributed by atoms with Crippen molar-refractivity contribution in [1.82, 2.24) is 9.55 Å². The third kappa shape index (κ3) is 6.01. The van der Waals surface area contributed by atoms with Crippen LogP contribution >= 0.6 is 11.3 Å². The third-order valence-corrected chi connectivity index (χ3v) is 4.83. The number of anilines is 1. The van der Waals surface area contributed by atoms with Crippen LogP contribution in [0.25, 0.3) is 11.3 Å². The summed E-state index contributed by atoms with van der Waals surface area (Å²) in [5.41, 5.74) is 0.759. The summed E-state index contributed by atoms with van der Waals surface area (Å²) in [6.45, 7) is 0.526. The van der Waals surface area contributed by atoms with Crippen LogP contribution in [0.2, 0.25) is 0 Å². The van der Waals surface area contributed by atoms with E-state index in [0.717, 1.165) is 11.1 Å². The molecule has 1 amide bonds. The van der Waals surface area contributed by atoms with Gasteiger partial charge in [0.15, 0.2) is 11.7 Å². The molecule has 2 aromatic heterocycles. The second-order valence-electron chi connectivity index (χ2n) is 6.49. The lowest BCUT2D eigenvalue weighted by atomic mass is 10.1. The SMILES string of the molecule is Cc1ccc(-c2csc(NC(=O)COC(=O)Cn3cc(C(F)(F)F)ccc3=O)n2)cc1. The highest BCUT2D eigenvalue weighted by Gasteiger charge is 2.31. The fraction of sp³-hybridized carbons (Fsp3) is 0.200. The molecule has 0 aliphatic heterocycles. The van der Waals surface area contributed by atoms with Gasteiger partial charge in [0.05, 0.1) is 11.3 Å². The molecular weight excluding hydrogens is 435 g/mol. The number of rotatable bonds is 6. The molecule has 0 bridgehead atoms. The van der Waals surface area contributed by atoms with Crippen LogP contribution in [-0.4, -0.2) is 28.0 Å². The van der Waals surface area contributed by atoms with E-state index in [1.54, 1.807) is 5.38 Å². The van der Waals surface area contributed by atoms with E-state index in [1.807, 2.05) is 31.2 Å². The highest BCUT2D eigenvalue weighted by atomic mass is 32.1. The van der Waals surface area contributed by atoms with Crippen molar-refractivity contribution in [2.45, 2.75) is 19.6 Å². The summed E-state index contributed by atoms with van der Waals surface area (Å²) in [7, 11) is 0. The predicted octanol–water partition coefficient (Wildman–Crippen LogP) is 3.48. The molecule has 11 heteroatoms. The molecule has 31 heavy (non-hydrogen) atoms. The van der Waals surface area contributed by atoms with Crippen LogP contribution in [0.3, 0.4) is 0 Å². The maximum Gasteiger partial charge on any atom is 0.417 e. The lowest BCUT2D eigenvalue weighted by Crippen LogP contribution is -2.28. The quantitative estimate of drug-likeness (QED) is 0.580. The molecule has 3 rings (SSSR count). The zero-order valence-corrected chi connectivity index (χ0v) is 16.9. The largest absolute Gasteiger partial charge is 0.454 e.